The van der Waals surface area contributed by atoms with Crippen LogP contribution in [0.3, 0.4) is 0 Å². The molecule has 41 heavy (non-hydrogen) atoms. The molecule has 6 rings (SSSR count). The average molecular weight is 551 g/mol. The number of amides is 2. The molecule has 2 amide bonds. The van der Waals surface area contributed by atoms with Crippen LogP contribution in [0.15, 0.2) is 66.7 Å². The van der Waals surface area contributed by atoms with Crippen LogP contribution in [0.2, 0.25) is 0 Å². The van der Waals surface area contributed by atoms with Gasteiger partial charge in [-0.3, -0.25) is 0 Å². The van der Waals surface area contributed by atoms with E-state index >= 15 is 0 Å². The van der Waals surface area contributed by atoms with Gasteiger partial charge in [0.15, 0.2) is 0 Å². The van der Waals surface area contributed by atoms with Crippen LogP contribution in [0.4, 0.5) is 22.0 Å². The molecule has 2 heterocycles. The fourth-order valence-corrected chi connectivity index (χ4v) is 6.23. The summed E-state index contributed by atoms with van der Waals surface area (Å²) in [4.78, 5) is 20.5. The van der Waals surface area contributed by atoms with Crippen molar-refractivity contribution >= 4 is 34.0 Å². The average Bonchev–Trinajstić information content (AvgIpc) is 3.02. The maximum Gasteiger partial charge on any atom is 0.323 e. The number of ether oxygens (including phenoxy) is 2. The first-order valence-corrected chi connectivity index (χ1v) is 14.7. The molecule has 7 nitrogen and oxygen atoms in total. The molecule has 3 aromatic carbocycles. The number of methoxy groups -OCH3 is 1. The summed E-state index contributed by atoms with van der Waals surface area (Å²) in [7, 11) is 1.63. The molecule has 1 saturated heterocycles. The van der Waals surface area contributed by atoms with Gasteiger partial charge >= 0.3 is 6.03 Å². The largest absolute Gasteiger partial charge is 0.495 e. The van der Waals surface area contributed by atoms with E-state index in [0.29, 0.717) is 17.4 Å². The summed E-state index contributed by atoms with van der Waals surface area (Å²) in [6, 6.07) is 22.3. The van der Waals surface area contributed by atoms with Gasteiger partial charge in [0.05, 0.1) is 31.7 Å². The van der Waals surface area contributed by atoms with Gasteiger partial charge in [0.25, 0.3) is 0 Å². The maximum atomic E-state index is 13.3. The molecule has 0 unspecified atom stereocenters. The highest BCUT2D eigenvalue weighted by Crippen LogP contribution is 2.38. The number of aryl methyl sites for hydroxylation is 1. The van der Waals surface area contributed by atoms with Gasteiger partial charge in [0.1, 0.15) is 11.6 Å². The Balaban J connectivity index is 1.25. The second kappa shape index (κ2) is 12.2. The number of anilines is 3. The van der Waals surface area contributed by atoms with Gasteiger partial charge in [-0.15, -0.1) is 0 Å². The lowest BCUT2D eigenvalue weighted by atomic mass is 9.84. The van der Waals surface area contributed by atoms with E-state index in [2.05, 4.69) is 58.9 Å². The van der Waals surface area contributed by atoms with E-state index in [1.54, 1.807) is 7.11 Å². The van der Waals surface area contributed by atoms with Crippen LogP contribution in [-0.4, -0.2) is 44.4 Å². The Morgan fingerprint density at radius 1 is 0.878 bits per heavy atom. The summed E-state index contributed by atoms with van der Waals surface area (Å²) in [6.45, 7) is 5.23. The van der Waals surface area contributed by atoms with Crippen molar-refractivity contribution in [3.05, 3.63) is 78.0 Å². The zero-order valence-electron chi connectivity index (χ0n) is 23.9. The number of rotatable bonds is 6. The number of benzene rings is 3. The van der Waals surface area contributed by atoms with E-state index in [-0.39, 0.29) is 6.03 Å². The standard InChI is InChI=1S/C34H38N4O3/c1-23-26(14-17-33(35-23)38-18-20-41-21-19-38)28-13-15-30(29-11-7-6-10-27(28)29)36-34(39)37-31-22-25(12-16-32(31)40-2)24-8-4-3-5-9-24/h6-7,10-17,22,24H,3-5,8-9,18-21H2,1-2H3,(H2,36,37,39). The van der Waals surface area contributed by atoms with E-state index in [0.717, 1.165) is 65.4 Å². The molecule has 212 valence electrons. The summed E-state index contributed by atoms with van der Waals surface area (Å²) in [5.41, 5.74) is 5.85. The number of aromatic nitrogens is 1. The molecule has 4 aromatic rings. The summed E-state index contributed by atoms with van der Waals surface area (Å²) in [5, 5.41) is 8.17. The van der Waals surface area contributed by atoms with Crippen molar-refractivity contribution in [2.75, 3.05) is 48.9 Å². The molecule has 2 fully saturated rings. The summed E-state index contributed by atoms with van der Waals surface area (Å²) in [6.07, 6.45) is 6.22. The lowest BCUT2D eigenvalue weighted by Gasteiger charge is -2.28. The van der Waals surface area contributed by atoms with Gasteiger partial charge in [-0.2, -0.15) is 0 Å². The Morgan fingerprint density at radius 2 is 1.61 bits per heavy atom. The van der Waals surface area contributed by atoms with E-state index in [4.69, 9.17) is 14.5 Å². The number of carbonyl (C=O) groups is 1. The van der Waals surface area contributed by atoms with E-state index in [1.165, 1.54) is 37.7 Å². The van der Waals surface area contributed by atoms with Gasteiger partial charge in [-0.25, -0.2) is 9.78 Å². The quantitative estimate of drug-likeness (QED) is 0.257. The number of nitrogens with one attached hydrogen (secondary N) is 2. The SMILES string of the molecule is COc1ccc(C2CCCCC2)cc1NC(=O)Nc1ccc(-c2ccc(N3CCOCC3)nc2C)c2ccccc12. The minimum absolute atomic E-state index is 0.297. The normalized spacial score (nSPS) is 16.0. The predicted octanol–water partition coefficient (Wildman–Crippen LogP) is 7.75. The monoisotopic (exact) mass is 550 g/mol. The number of morpholine rings is 1. The number of fused-ring (bicyclic) bond motifs is 1. The van der Waals surface area contributed by atoms with Crippen molar-refractivity contribution in [2.45, 2.75) is 44.9 Å². The van der Waals surface area contributed by atoms with Crippen LogP contribution in [0.1, 0.15) is 49.3 Å². The number of carbonyl (C=O) groups excluding carboxylic acids is 1. The molecule has 2 N–H and O–H groups in total. The molecule has 2 aliphatic rings. The van der Waals surface area contributed by atoms with Crippen LogP contribution >= 0.6 is 0 Å². The zero-order valence-corrected chi connectivity index (χ0v) is 23.9. The predicted molar refractivity (Wildman–Crippen MR) is 166 cm³/mol. The van der Waals surface area contributed by atoms with Gasteiger partial charge in [-0.05, 0) is 72.5 Å². The van der Waals surface area contributed by atoms with Crippen LogP contribution in [0.25, 0.3) is 21.9 Å². The smallest absolute Gasteiger partial charge is 0.323 e. The highest BCUT2D eigenvalue weighted by atomic mass is 16.5. The number of hydrogen-bond donors (Lipinski definition) is 2. The molecule has 1 aliphatic heterocycles. The molecule has 0 radical (unpaired) electrons. The second-order valence-electron chi connectivity index (χ2n) is 11.0. The fourth-order valence-electron chi connectivity index (χ4n) is 6.23. The molecule has 7 heteroatoms. The molecule has 0 spiro atoms. The minimum Gasteiger partial charge on any atom is -0.495 e. The zero-order chi connectivity index (χ0) is 28.2. The van der Waals surface area contributed by atoms with E-state index in [1.807, 2.05) is 30.3 Å². The van der Waals surface area contributed by atoms with Crippen molar-refractivity contribution in [3.63, 3.8) is 0 Å². The summed E-state index contributed by atoms with van der Waals surface area (Å²) in [5.74, 6) is 2.18. The Kier molecular flexibility index (Phi) is 8.05. The fraction of sp³-hybridized carbons (Fsp3) is 0.353. The number of pyridine rings is 1. The van der Waals surface area contributed by atoms with Crippen molar-refractivity contribution in [1.82, 2.24) is 4.98 Å². The third kappa shape index (κ3) is 5.86. The minimum atomic E-state index is -0.297. The molecule has 1 aliphatic carbocycles. The van der Waals surface area contributed by atoms with Gasteiger partial charge in [0.2, 0.25) is 0 Å². The lowest BCUT2D eigenvalue weighted by molar-refractivity contribution is 0.122. The molecule has 0 bridgehead atoms. The van der Waals surface area contributed by atoms with Crippen LogP contribution in [-0.2, 0) is 4.74 Å². The van der Waals surface area contributed by atoms with Crippen LogP contribution in [0.5, 0.6) is 5.75 Å². The Bertz CT molecular complexity index is 1540. The first-order valence-electron chi connectivity index (χ1n) is 14.7. The highest BCUT2D eigenvalue weighted by molar-refractivity contribution is 6.10. The molecular formula is C34H38N4O3. The Labute approximate surface area is 241 Å². The van der Waals surface area contributed by atoms with Crippen molar-refractivity contribution in [1.29, 1.82) is 0 Å². The molecular weight excluding hydrogens is 512 g/mol. The molecule has 1 saturated carbocycles. The number of nitrogens with zero attached hydrogens (tertiary/aromatic N) is 2. The van der Waals surface area contributed by atoms with Crippen LogP contribution in [0, 0.1) is 6.92 Å². The third-order valence-corrected chi connectivity index (χ3v) is 8.42. The molecule has 0 atom stereocenters. The van der Waals surface area contributed by atoms with Gasteiger partial charge in [-0.1, -0.05) is 55.7 Å². The second-order valence-corrected chi connectivity index (χ2v) is 11.0. The van der Waals surface area contributed by atoms with Crippen molar-refractivity contribution < 1.29 is 14.3 Å². The van der Waals surface area contributed by atoms with E-state index in [9.17, 15) is 4.79 Å². The lowest BCUT2D eigenvalue weighted by Crippen LogP contribution is -2.36. The number of hydrogen-bond acceptors (Lipinski definition) is 5. The Morgan fingerprint density at radius 3 is 2.37 bits per heavy atom. The highest BCUT2D eigenvalue weighted by Gasteiger charge is 2.19. The van der Waals surface area contributed by atoms with Crippen molar-refractivity contribution in [2.24, 2.45) is 0 Å². The number of urea groups is 1. The van der Waals surface area contributed by atoms with Crippen LogP contribution < -0.4 is 20.3 Å². The first kappa shape index (κ1) is 27.1. The van der Waals surface area contributed by atoms with Crippen molar-refractivity contribution in [3.8, 4) is 16.9 Å². The van der Waals surface area contributed by atoms with Gasteiger partial charge < -0.3 is 25.0 Å². The first-order chi connectivity index (χ1) is 20.1. The molecule has 1 aromatic heterocycles. The maximum absolute atomic E-state index is 13.3. The third-order valence-electron chi connectivity index (χ3n) is 8.42. The van der Waals surface area contributed by atoms with Gasteiger partial charge in [0, 0.05) is 29.7 Å². The summed E-state index contributed by atoms with van der Waals surface area (Å²) < 4.78 is 11.1. The van der Waals surface area contributed by atoms with E-state index < -0.39 is 0 Å². The summed E-state index contributed by atoms with van der Waals surface area (Å²) >= 11 is 0. The Hall–Kier alpha value is -4.10. The topological polar surface area (TPSA) is 75.7 Å².